The Bertz CT molecular complexity index is 378. The largest absolute Gasteiger partial charge is 0.481 e. The lowest BCUT2D eigenvalue weighted by molar-refractivity contribution is -0.141. The number of carboxylic acid groups (broad SMARTS) is 1. The highest BCUT2D eigenvalue weighted by atomic mass is 79.9. The summed E-state index contributed by atoms with van der Waals surface area (Å²) in [5.41, 5.74) is 2.11. The minimum absolute atomic E-state index is 0.309. The Hall–Kier alpha value is -1.03. The summed E-state index contributed by atoms with van der Waals surface area (Å²) >= 11 is 3.37. The molecular formula is C10H10BrNO2. The molecule has 2 N–H and O–H groups in total. The Morgan fingerprint density at radius 3 is 3.07 bits per heavy atom. The average Bonchev–Trinajstić information content (AvgIpc) is 2.16. The lowest BCUT2D eigenvalue weighted by atomic mass is 9.94. The molecule has 1 aliphatic heterocycles. The summed E-state index contributed by atoms with van der Waals surface area (Å²) in [7, 11) is 0. The number of fused-ring (bicyclic) bond motifs is 1. The van der Waals surface area contributed by atoms with Gasteiger partial charge in [0.15, 0.2) is 0 Å². The van der Waals surface area contributed by atoms with E-state index in [-0.39, 0.29) is 5.92 Å². The first-order valence-corrected chi connectivity index (χ1v) is 5.21. The summed E-state index contributed by atoms with van der Waals surface area (Å²) in [4.78, 5) is 10.8. The monoisotopic (exact) mass is 255 g/mol. The molecule has 4 heteroatoms. The van der Waals surface area contributed by atoms with E-state index in [2.05, 4.69) is 21.2 Å². The summed E-state index contributed by atoms with van der Waals surface area (Å²) < 4.78 is 0.990. The summed E-state index contributed by atoms with van der Waals surface area (Å²) in [6.45, 7) is 0.518. The Kier molecular flexibility index (Phi) is 2.46. The van der Waals surface area contributed by atoms with Crippen LogP contribution >= 0.6 is 15.9 Å². The predicted octanol–water partition coefficient (Wildman–Crippen LogP) is 2.12. The van der Waals surface area contributed by atoms with Gasteiger partial charge in [-0.3, -0.25) is 4.79 Å². The van der Waals surface area contributed by atoms with Crippen LogP contribution in [-0.4, -0.2) is 17.6 Å². The van der Waals surface area contributed by atoms with Crippen LogP contribution < -0.4 is 5.32 Å². The topological polar surface area (TPSA) is 49.3 Å². The van der Waals surface area contributed by atoms with E-state index in [1.165, 1.54) is 0 Å². The highest BCUT2D eigenvalue weighted by molar-refractivity contribution is 9.10. The number of nitrogens with one attached hydrogen (secondary N) is 1. The van der Waals surface area contributed by atoms with Gasteiger partial charge in [0, 0.05) is 16.7 Å². The van der Waals surface area contributed by atoms with E-state index in [0.29, 0.717) is 13.0 Å². The van der Waals surface area contributed by atoms with Gasteiger partial charge in [0.2, 0.25) is 0 Å². The average molecular weight is 256 g/mol. The number of carboxylic acids is 1. The molecule has 0 saturated carbocycles. The molecule has 0 saturated heterocycles. The van der Waals surface area contributed by atoms with Gasteiger partial charge in [-0.25, -0.2) is 0 Å². The highest BCUT2D eigenvalue weighted by Gasteiger charge is 2.23. The van der Waals surface area contributed by atoms with Crippen molar-refractivity contribution in [2.24, 2.45) is 5.92 Å². The number of carbonyl (C=O) groups is 1. The molecular weight excluding hydrogens is 246 g/mol. The molecule has 1 atom stereocenters. The molecule has 0 aliphatic carbocycles. The second-order valence-electron chi connectivity index (χ2n) is 3.42. The van der Waals surface area contributed by atoms with E-state index in [9.17, 15) is 4.79 Å². The van der Waals surface area contributed by atoms with E-state index in [4.69, 9.17) is 5.11 Å². The van der Waals surface area contributed by atoms with Crippen molar-refractivity contribution >= 4 is 27.6 Å². The molecule has 2 rings (SSSR count). The van der Waals surface area contributed by atoms with Crippen LogP contribution in [0, 0.1) is 5.92 Å². The minimum Gasteiger partial charge on any atom is -0.481 e. The molecule has 1 aliphatic rings. The van der Waals surface area contributed by atoms with Crippen LogP contribution in [0.2, 0.25) is 0 Å². The molecule has 0 bridgehead atoms. The van der Waals surface area contributed by atoms with Gasteiger partial charge >= 0.3 is 5.97 Å². The van der Waals surface area contributed by atoms with Crippen LogP contribution in [0.25, 0.3) is 0 Å². The van der Waals surface area contributed by atoms with Crippen molar-refractivity contribution < 1.29 is 9.90 Å². The van der Waals surface area contributed by atoms with Gasteiger partial charge in [0.25, 0.3) is 0 Å². The van der Waals surface area contributed by atoms with Crippen molar-refractivity contribution in [1.29, 1.82) is 0 Å². The van der Waals surface area contributed by atoms with Crippen LogP contribution in [0.5, 0.6) is 0 Å². The zero-order valence-electron chi connectivity index (χ0n) is 7.46. The van der Waals surface area contributed by atoms with E-state index in [1.807, 2.05) is 18.2 Å². The second-order valence-corrected chi connectivity index (χ2v) is 4.34. The molecule has 3 nitrogen and oxygen atoms in total. The fourth-order valence-electron chi connectivity index (χ4n) is 1.65. The molecule has 1 aromatic rings. The number of aliphatic carboxylic acids is 1. The summed E-state index contributed by atoms with van der Waals surface area (Å²) in [6.07, 6.45) is 0.608. The normalized spacial score (nSPS) is 19.6. The molecule has 0 aromatic heterocycles. The lowest BCUT2D eigenvalue weighted by Gasteiger charge is -2.23. The van der Waals surface area contributed by atoms with Gasteiger partial charge in [0.1, 0.15) is 0 Å². The zero-order chi connectivity index (χ0) is 10.1. The minimum atomic E-state index is -0.733. The highest BCUT2D eigenvalue weighted by Crippen LogP contribution is 2.27. The Morgan fingerprint density at radius 2 is 2.36 bits per heavy atom. The van der Waals surface area contributed by atoms with Crippen LogP contribution in [0.15, 0.2) is 22.7 Å². The van der Waals surface area contributed by atoms with Gasteiger partial charge < -0.3 is 10.4 Å². The molecule has 0 spiro atoms. The van der Waals surface area contributed by atoms with Crippen molar-refractivity contribution in [3.63, 3.8) is 0 Å². The summed E-state index contributed by atoms with van der Waals surface area (Å²) in [6, 6.07) is 5.89. The van der Waals surface area contributed by atoms with Crippen LogP contribution in [0.3, 0.4) is 0 Å². The van der Waals surface area contributed by atoms with Crippen molar-refractivity contribution in [3.8, 4) is 0 Å². The molecule has 0 unspecified atom stereocenters. The number of hydrogen-bond donors (Lipinski definition) is 2. The second kappa shape index (κ2) is 3.61. The predicted molar refractivity (Wildman–Crippen MR) is 57.5 cm³/mol. The fraction of sp³-hybridized carbons (Fsp3) is 0.300. The first-order valence-electron chi connectivity index (χ1n) is 4.42. The quantitative estimate of drug-likeness (QED) is 0.809. The third-order valence-electron chi connectivity index (χ3n) is 2.42. The third-order valence-corrected chi connectivity index (χ3v) is 2.92. The van der Waals surface area contributed by atoms with Gasteiger partial charge in [0.05, 0.1) is 5.92 Å². The molecule has 74 valence electrons. The summed E-state index contributed by atoms with van der Waals surface area (Å²) in [5.74, 6) is -1.04. The maximum absolute atomic E-state index is 10.8. The zero-order valence-corrected chi connectivity index (χ0v) is 9.04. The van der Waals surface area contributed by atoms with E-state index >= 15 is 0 Å². The van der Waals surface area contributed by atoms with Crippen molar-refractivity contribution in [2.45, 2.75) is 6.42 Å². The summed E-state index contributed by atoms with van der Waals surface area (Å²) in [5, 5.41) is 12.0. The van der Waals surface area contributed by atoms with E-state index in [1.54, 1.807) is 0 Å². The lowest BCUT2D eigenvalue weighted by Crippen LogP contribution is -2.29. The SMILES string of the molecule is O=C(O)[C@H]1CNc2ccc(Br)cc2C1. The molecule has 1 aromatic carbocycles. The number of halogens is 1. The molecule has 0 amide bonds. The fourth-order valence-corrected chi connectivity index (χ4v) is 2.06. The number of anilines is 1. The number of rotatable bonds is 1. The molecule has 0 radical (unpaired) electrons. The maximum Gasteiger partial charge on any atom is 0.308 e. The van der Waals surface area contributed by atoms with Gasteiger partial charge in [-0.15, -0.1) is 0 Å². The van der Waals surface area contributed by atoms with Crippen LogP contribution in [-0.2, 0) is 11.2 Å². The van der Waals surface area contributed by atoms with Crippen molar-refractivity contribution in [3.05, 3.63) is 28.2 Å². The Morgan fingerprint density at radius 1 is 1.57 bits per heavy atom. The first kappa shape index (κ1) is 9.52. The Labute approximate surface area is 90.3 Å². The van der Waals surface area contributed by atoms with E-state index in [0.717, 1.165) is 15.7 Å². The molecule has 0 fully saturated rings. The molecule has 1 heterocycles. The van der Waals surface area contributed by atoms with Crippen LogP contribution in [0.4, 0.5) is 5.69 Å². The van der Waals surface area contributed by atoms with Crippen molar-refractivity contribution in [2.75, 3.05) is 11.9 Å². The van der Waals surface area contributed by atoms with Gasteiger partial charge in [-0.1, -0.05) is 15.9 Å². The molecule has 14 heavy (non-hydrogen) atoms. The maximum atomic E-state index is 10.8. The van der Waals surface area contributed by atoms with Gasteiger partial charge in [-0.2, -0.15) is 0 Å². The first-order chi connectivity index (χ1) is 6.66. The van der Waals surface area contributed by atoms with Gasteiger partial charge in [-0.05, 0) is 30.2 Å². The number of benzene rings is 1. The number of hydrogen-bond acceptors (Lipinski definition) is 2. The Balaban J connectivity index is 2.29. The smallest absolute Gasteiger partial charge is 0.308 e. The van der Waals surface area contributed by atoms with E-state index < -0.39 is 5.97 Å². The standard InChI is InChI=1S/C10H10BrNO2/c11-8-1-2-9-6(4-8)3-7(5-12-9)10(13)14/h1-2,4,7,12H,3,5H2,(H,13,14)/t7-/m1/s1. The van der Waals surface area contributed by atoms with Crippen LogP contribution in [0.1, 0.15) is 5.56 Å². The third kappa shape index (κ3) is 1.75. The van der Waals surface area contributed by atoms with Crippen molar-refractivity contribution in [1.82, 2.24) is 0 Å².